The van der Waals surface area contributed by atoms with Crippen LogP contribution in [0.15, 0.2) is 12.7 Å². The monoisotopic (exact) mass is 483 g/mol. The first-order valence-corrected chi connectivity index (χ1v) is 14.3. The van der Waals surface area contributed by atoms with Gasteiger partial charge >= 0.3 is 11.9 Å². The van der Waals surface area contributed by atoms with Gasteiger partial charge in [-0.15, -0.1) is 0 Å². The molecule has 5 atom stereocenters. The van der Waals surface area contributed by atoms with Gasteiger partial charge in [0.25, 0.3) is 0 Å². The highest BCUT2D eigenvalue weighted by Gasteiger charge is 2.53. The topological polar surface area (TPSA) is 108 Å². The highest BCUT2D eigenvalue weighted by atomic mass is 28.4. The Hall–Kier alpha value is -2.00. The van der Waals surface area contributed by atoms with Crippen molar-refractivity contribution in [1.82, 2.24) is 5.32 Å². The maximum Gasteiger partial charge on any atom is 0.328 e. The predicted octanol–water partition coefficient (Wildman–Crippen LogP) is 3.40. The van der Waals surface area contributed by atoms with Crippen LogP contribution < -0.4 is 5.32 Å². The van der Waals surface area contributed by atoms with Crippen molar-refractivity contribution in [2.75, 3.05) is 6.61 Å². The highest BCUT2D eigenvalue weighted by molar-refractivity contribution is 6.74. The van der Waals surface area contributed by atoms with Gasteiger partial charge < -0.3 is 19.2 Å². The van der Waals surface area contributed by atoms with Crippen molar-refractivity contribution in [3.05, 3.63) is 12.7 Å². The quantitative estimate of drug-likeness (QED) is 0.167. The summed E-state index contributed by atoms with van der Waals surface area (Å²) in [6.07, 6.45) is 0.924. The molecule has 0 bridgehead atoms. The van der Waals surface area contributed by atoms with E-state index < -0.39 is 61.5 Å². The second kappa shape index (κ2) is 10.5. The fourth-order valence-electron chi connectivity index (χ4n) is 3.43. The predicted molar refractivity (Wildman–Crippen MR) is 128 cm³/mol. The minimum atomic E-state index is -2.16. The third-order valence-electron chi connectivity index (χ3n) is 6.28. The molecule has 1 saturated heterocycles. The van der Waals surface area contributed by atoms with Crippen molar-refractivity contribution in [2.45, 2.75) is 91.3 Å². The summed E-state index contributed by atoms with van der Waals surface area (Å²) < 4.78 is 16.7. The summed E-state index contributed by atoms with van der Waals surface area (Å²) in [5.41, 5.74) is -0.893. The van der Waals surface area contributed by atoms with Gasteiger partial charge in [0, 0.05) is 5.92 Å². The third kappa shape index (κ3) is 7.24. The highest BCUT2D eigenvalue weighted by Crippen LogP contribution is 2.39. The van der Waals surface area contributed by atoms with E-state index in [9.17, 15) is 19.2 Å². The van der Waals surface area contributed by atoms with E-state index in [1.54, 1.807) is 27.7 Å². The normalized spacial score (nSPS) is 21.7. The van der Waals surface area contributed by atoms with Crippen LogP contribution in [0.5, 0.6) is 0 Å². The molecule has 1 aliphatic heterocycles. The van der Waals surface area contributed by atoms with Crippen LogP contribution >= 0.6 is 0 Å². The average Bonchev–Trinajstić information content (AvgIpc) is 2.60. The van der Waals surface area contributed by atoms with Crippen LogP contribution in [-0.4, -0.2) is 56.3 Å². The lowest BCUT2D eigenvalue weighted by molar-refractivity contribution is -0.171. The van der Waals surface area contributed by atoms with Crippen molar-refractivity contribution >= 4 is 31.9 Å². The summed E-state index contributed by atoms with van der Waals surface area (Å²) >= 11 is 0. The Bertz CT molecular complexity index is 779. The first kappa shape index (κ1) is 29.0. The summed E-state index contributed by atoms with van der Waals surface area (Å²) in [6.45, 7) is 22.2. The van der Waals surface area contributed by atoms with Gasteiger partial charge in [-0.2, -0.15) is 0 Å². The molecule has 1 aliphatic rings. The van der Waals surface area contributed by atoms with Crippen LogP contribution in [-0.2, 0) is 33.1 Å². The lowest BCUT2D eigenvalue weighted by Gasteiger charge is -2.47. The molecule has 1 rings (SSSR count). The Balaban J connectivity index is 3.11. The molecule has 1 N–H and O–H groups in total. The molecule has 0 spiro atoms. The van der Waals surface area contributed by atoms with E-state index in [-0.39, 0.29) is 17.6 Å². The lowest BCUT2D eigenvalue weighted by atomic mass is 9.75. The van der Waals surface area contributed by atoms with E-state index >= 15 is 0 Å². The van der Waals surface area contributed by atoms with E-state index in [1.165, 1.54) is 6.08 Å². The Labute approximate surface area is 198 Å². The summed E-state index contributed by atoms with van der Waals surface area (Å²) in [4.78, 5) is 51.1. The van der Waals surface area contributed by atoms with Crippen molar-refractivity contribution in [3.63, 3.8) is 0 Å². The molecule has 1 heterocycles. The number of carbonyl (C=O) groups is 4. The molecular weight excluding hydrogens is 442 g/mol. The van der Waals surface area contributed by atoms with Gasteiger partial charge in [-0.05, 0) is 45.8 Å². The summed E-state index contributed by atoms with van der Waals surface area (Å²) in [7, 11) is -2.16. The van der Waals surface area contributed by atoms with Crippen LogP contribution in [0.1, 0.15) is 55.4 Å². The van der Waals surface area contributed by atoms with Gasteiger partial charge in [-0.1, -0.05) is 40.3 Å². The molecule has 0 saturated carbocycles. The zero-order valence-electron chi connectivity index (χ0n) is 21.7. The molecule has 0 aromatic carbocycles. The second-order valence-corrected chi connectivity index (χ2v) is 16.0. The summed E-state index contributed by atoms with van der Waals surface area (Å²) in [6, 6.07) is -0.568. The Morgan fingerprint density at radius 2 is 1.64 bits per heavy atom. The Morgan fingerprint density at radius 1 is 1.09 bits per heavy atom. The van der Waals surface area contributed by atoms with Crippen molar-refractivity contribution < 1.29 is 33.1 Å². The number of amides is 1. The van der Waals surface area contributed by atoms with Crippen LogP contribution in [0.4, 0.5) is 0 Å². The SMILES string of the molecule is C=CCOC(=O)C(C(=O)OC(C)(C)C)C(=O)[C@H](C)[C@H]1NC(=O)[C@@H]1[C@@H](C)O[Si](C)(C)C(C)(C)C. The minimum Gasteiger partial charge on any atom is -0.460 e. The van der Waals surface area contributed by atoms with Gasteiger partial charge in [-0.3, -0.25) is 19.2 Å². The van der Waals surface area contributed by atoms with Crippen LogP contribution in [0.25, 0.3) is 0 Å². The minimum absolute atomic E-state index is 0.0465. The summed E-state index contributed by atoms with van der Waals surface area (Å²) in [5.74, 6) is -5.97. The van der Waals surface area contributed by atoms with E-state index in [1.807, 2.05) is 6.92 Å². The molecule has 1 unspecified atom stereocenters. The number of rotatable bonds is 10. The number of hydrogen-bond donors (Lipinski definition) is 1. The van der Waals surface area contributed by atoms with Gasteiger partial charge in [0.15, 0.2) is 14.1 Å². The van der Waals surface area contributed by atoms with Gasteiger partial charge in [-0.25, -0.2) is 0 Å². The third-order valence-corrected chi connectivity index (χ3v) is 10.9. The molecule has 0 aromatic rings. The molecule has 188 valence electrons. The number of ether oxygens (including phenoxy) is 2. The van der Waals surface area contributed by atoms with Gasteiger partial charge in [0.1, 0.15) is 12.2 Å². The summed E-state index contributed by atoms with van der Waals surface area (Å²) in [5, 5.41) is 2.71. The Kier molecular flexibility index (Phi) is 9.24. The fourth-order valence-corrected chi connectivity index (χ4v) is 4.86. The zero-order chi connectivity index (χ0) is 25.9. The van der Waals surface area contributed by atoms with Crippen LogP contribution in [0, 0.1) is 17.8 Å². The molecule has 0 radical (unpaired) electrons. The van der Waals surface area contributed by atoms with Crippen molar-refractivity contribution in [2.24, 2.45) is 17.8 Å². The number of β-lactam (4-membered cyclic amide) rings is 1. The van der Waals surface area contributed by atoms with Crippen LogP contribution in [0.2, 0.25) is 18.1 Å². The molecule has 0 aliphatic carbocycles. The standard InChI is InChI=1S/C24H41NO7Si/c1-12-13-30-21(28)17(22(29)31-23(4,5)6)19(26)14(2)18-16(20(27)25-18)15(3)32-33(10,11)24(7,8)9/h12,14-18H,1,13H2,2-11H3,(H,25,27)/t14-,15-,16-,17?,18-/m1/s1. The maximum absolute atomic E-state index is 13.3. The van der Waals surface area contributed by atoms with Gasteiger partial charge in [0.05, 0.1) is 18.1 Å². The number of nitrogens with one attached hydrogen (secondary N) is 1. The number of hydrogen-bond acceptors (Lipinski definition) is 7. The lowest BCUT2D eigenvalue weighted by Crippen LogP contribution is -2.67. The Morgan fingerprint density at radius 3 is 2.06 bits per heavy atom. The largest absolute Gasteiger partial charge is 0.460 e. The molecule has 0 aromatic heterocycles. The first-order chi connectivity index (χ1) is 14.8. The molecule has 33 heavy (non-hydrogen) atoms. The average molecular weight is 484 g/mol. The van der Waals surface area contributed by atoms with Crippen molar-refractivity contribution in [3.8, 4) is 0 Å². The van der Waals surface area contributed by atoms with E-state index in [0.29, 0.717) is 0 Å². The van der Waals surface area contributed by atoms with Crippen LogP contribution in [0.3, 0.4) is 0 Å². The first-order valence-electron chi connectivity index (χ1n) is 11.4. The molecule has 8 nitrogen and oxygen atoms in total. The smallest absolute Gasteiger partial charge is 0.328 e. The number of ketones is 1. The number of carbonyl (C=O) groups excluding carboxylic acids is 4. The maximum atomic E-state index is 13.3. The zero-order valence-corrected chi connectivity index (χ0v) is 22.7. The van der Waals surface area contributed by atoms with Gasteiger partial charge in [0.2, 0.25) is 11.8 Å². The number of Topliss-reactive ketones (excluding diaryl/α,β-unsaturated/α-hetero) is 1. The molecule has 9 heteroatoms. The molecule has 1 fully saturated rings. The fraction of sp³-hybridized carbons (Fsp3) is 0.750. The van der Waals surface area contributed by atoms with E-state index in [0.717, 1.165) is 0 Å². The van der Waals surface area contributed by atoms with Crippen molar-refractivity contribution in [1.29, 1.82) is 0 Å². The van der Waals surface area contributed by atoms with E-state index in [2.05, 4.69) is 45.8 Å². The second-order valence-electron chi connectivity index (χ2n) is 11.2. The number of esters is 2. The molecule has 1 amide bonds. The molecular formula is C24H41NO7Si. The van der Waals surface area contributed by atoms with E-state index in [4.69, 9.17) is 13.9 Å².